The quantitative estimate of drug-likeness (QED) is 0.600. The van der Waals surface area contributed by atoms with E-state index in [4.69, 9.17) is 14.6 Å². The number of nitrogens with one attached hydrogen (secondary N) is 1. The Morgan fingerprint density at radius 1 is 1.35 bits per heavy atom. The van der Waals surface area contributed by atoms with E-state index in [1.807, 2.05) is 12.1 Å². The van der Waals surface area contributed by atoms with Crippen molar-refractivity contribution >= 4 is 11.9 Å². The average molecular weight is 428 g/mol. The number of likely N-dealkylation sites (tertiary alicyclic amines) is 1. The van der Waals surface area contributed by atoms with Crippen LogP contribution in [-0.2, 0) is 21.4 Å². The van der Waals surface area contributed by atoms with Crippen LogP contribution in [0.25, 0.3) is 0 Å². The molecule has 2 fully saturated rings. The highest BCUT2D eigenvalue weighted by atomic mass is 16.5. The number of rotatable bonds is 2. The van der Waals surface area contributed by atoms with Gasteiger partial charge in [0.15, 0.2) is 11.5 Å². The van der Waals surface area contributed by atoms with E-state index >= 15 is 0 Å². The van der Waals surface area contributed by atoms with Crippen molar-refractivity contribution in [1.82, 2.24) is 10.2 Å². The van der Waals surface area contributed by atoms with Crippen molar-refractivity contribution < 1.29 is 29.3 Å². The molecular formula is C23H28N2O6. The van der Waals surface area contributed by atoms with Gasteiger partial charge in [0.1, 0.15) is 18.2 Å². The number of carboxylic acids is 1. The van der Waals surface area contributed by atoms with Gasteiger partial charge in [0.2, 0.25) is 5.91 Å². The number of ether oxygens (including phenoxy) is 2. The van der Waals surface area contributed by atoms with E-state index in [0.717, 1.165) is 30.9 Å². The zero-order valence-electron chi connectivity index (χ0n) is 17.7. The number of carbonyl (C=O) groups is 2. The maximum Gasteiger partial charge on any atom is 0.326 e. The summed E-state index contributed by atoms with van der Waals surface area (Å²) in [5.41, 5.74) is 2.60. The Morgan fingerprint density at radius 2 is 2.16 bits per heavy atom. The van der Waals surface area contributed by atoms with Crippen molar-refractivity contribution in [3.63, 3.8) is 0 Å². The first-order valence-electron chi connectivity index (χ1n) is 10.8. The maximum absolute atomic E-state index is 10.6. The van der Waals surface area contributed by atoms with Crippen LogP contribution < -0.4 is 14.8 Å². The number of nitrogens with zero attached hydrogens (tertiary/aromatic N) is 1. The van der Waals surface area contributed by atoms with Crippen LogP contribution in [-0.4, -0.2) is 72.0 Å². The van der Waals surface area contributed by atoms with E-state index in [9.17, 15) is 14.7 Å². The van der Waals surface area contributed by atoms with Crippen molar-refractivity contribution in [3.05, 3.63) is 35.4 Å². The van der Waals surface area contributed by atoms with Gasteiger partial charge in [0.25, 0.3) is 0 Å². The SMILES string of the molecule is COc1ccc2c3c1O[C@H]1[C@@H](O)C=C[C@H]4[C@@H](C2)N(C)CC[C@@]341.O=C1CC[C@@H](C(=O)O)N1. The van der Waals surface area contributed by atoms with Gasteiger partial charge in [-0.2, -0.15) is 0 Å². The summed E-state index contributed by atoms with van der Waals surface area (Å²) < 4.78 is 11.8. The molecule has 5 aliphatic rings. The zero-order valence-corrected chi connectivity index (χ0v) is 17.7. The van der Waals surface area contributed by atoms with E-state index in [-0.39, 0.29) is 17.4 Å². The fourth-order valence-corrected chi connectivity index (χ4v) is 6.19. The van der Waals surface area contributed by atoms with Crippen molar-refractivity contribution in [2.45, 2.75) is 55.4 Å². The lowest BCUT2D eigenvalue weighted by molar-refractivity contribution is -0.140. The van der Waals surface area contributed by atoms with Crippen LogP contribution >= 0.6 is 0 Å². The van der Waals surface area contributed by atoms with E-state index in [1.165, 1.54) is 11.1 Å². The molecule has 166 valence electrons. The Bertz CT molecular complexity index is 962. The molecule has 0 aromatic heterocycles. The van der Waals surface area contributed by atoms with Crippen molar-refractivity contribution in [3.8, 4) is 11.5 Å². The summed E-state index contributed by atoms with van der Waals surface area (Å²) in [5, 5.41) is 21.2. The number of hydrogen-bond donors (Lipinski definition) is 3. The lowest BCUT2D eigenvalue weighted by Gasteiger charge is -2.56. The van der Waals surface area contributed by atoms with Gasteiger partial charge in [0.05, 0.1) is 7.11 Å². The van der Waals surface area contributed by atoms with Gasteiger partial charge < -0.3 is 29.9 Å². The van der Waals surface area contributed by atoms with Crippen LogP contribution in [0.2, 0.25) is 0 Å². The minimum absolute atomic E-state index is 0.0806. The molecule has 2 bridgehead atoms. The summed E-state index contributed by atoms with van der Waals surface area (Å²) in [7, 11) is 3.91. The first kappa shape index (κ1) is 20.3. The van der Waals surface area contributed by atoms with Crippen LogP contribution in [0.1, 0.15) is 30.4 Å². The molecule has 1 spiro atoms. The molecule has 8 heteroatoms. The maximum atomic E-state index is 10.6. The number of methoxy groups -OCH3 is 1. The Balaban J connectivity index is 0.000000192. The largest absolute Gasteiger partial charge is 0.493 e. The predicted molar refractivity (Wildman–Crippen MR) is 111 cm³/mol. The van der Waals surface area contributed by atoms with Crippen LogP contribution in [0.5, 0.6) is 11.5 Å². The lowest BCUT2D eigenvalue weighted by Crippen LogP contribution is -2.64. The monoisotopic (exact) mass is 428 g/mol. The molecular weight excluding hydrogens is 400 g/mol. The molecule has 3 aliphatic heterocycles. The molecule has 2 saturated heterocycles. The first-order chi connectivity index (χ1) is 14.9. The predicted octanol–water partition coefficient (Wildman–Crippen LogP) is 0.851. The molecule has 2 aliphatic carbocycles. The molecule has 0 saturated carbocycles. The van der Waals surface area contributed by atoms with Gasteiger partial charge in [0, 0.05) is 29.4 Å². The number of carboxylic acid groups (broad SMARTS) is 1. The molecule has 6 atom stereocenters. The second kappa shape index (κ2) is 7.24. The van der Waals surface area contributed by atoms with Gasteiger partial charge >= 0.3 is 5.97 Å². The molecule has 3 N–H and O–H groups in total. The van der Waals surface area contributed by atoms with E-state index in [0.29, 0.717) is 24.8 Å². The normalized spacial score (nSPS) is 36.6. The van der Waals surface area contributed by atoms with Crippen LogP contribution in [0, 0.1) is 5.92 Å². The molecule has 31 heavy (non-hydrogen) atoms. The third-order valence-corrected chi connectivity index (χ3v) is 7.65. The first-order valence-corrected chi connectivity index (χ1v) is 10.8. The fraction of sp³-hybridized carbons (Fsp3) is 0.565. The van der Waals surface area contributed by atoms with Crippen molar-refractivity contribution in [2.75, 3.05) is 20.7 Å². The Morgan fingerprint density at radius 3 is 2.81 bits per heavy atom. The number of benzene rings is 1. The minimum atomic E-state index is -0.944. The highest BCUT2D eigenvalue weighted by Gasteiger charge is 2.64. The van der Waals surface area contributed by atoms with Gasteiger partial charge in [-0.05, 0) is 44.5 Å². The number of aliphatic carboxylic acids is 1. The van der Waals surface area contributed by atoms with Crippen molar-refractivity contribution in [1.29, 1.82) is 0 Å². The second-order valence-electron chi connectivity index (χ2n) is 9.11. The van der Waals surface area contributed by atoms with Crippen LogP contribution in [0.4, 0.5) is 0 Å². The van der Waals surface area contributed by atoms with Gasteiger partial charge in [-0.1, -0.05) is 18.2 Å². The fourth-order valence-electron chi connectivity index (χ4n) is 6.19. The number of likely N-dealkylation sites (N-methyl/N-ethyl adjacent to an activating group) is 1. The summed E-state index contributed by atoms with van der Waals surface area (Å²) in [6.07, 6.45) is 6.30. The van der Waals surface area contributed by atoms with E-state index in [1.54, 1.807) is 7.11 Å². The molecule has 1 aromatic carbocycles. The van der Waals surface area contributed by atoms with E-state index in [2.05, 4.69) is 29.4 Å². The highest BCUT2D eigenvalue weighted by molar-refractivity contribution is 5.87. The number of piperidine rings is 1. The Hall–Kier alpha value is -2.58. The molecule has 6 rings (SSSR count). The third-order valence-electron chi connectivity index (χ3n) is 7.65. The highest BCUT2D eigenvalue weighted by Crippen LogP contribution is 2.62. The molecule has 1 aromatic rings. The lowest BCUT2D eigenvalue weighted by atomic mass is 9.53. The molecule has 8 nitrogen and oxygen atoms in total. The Kier molecular flexibility index (Phi) is 4.75. The minimum Gasteiger partial charge on any atom is -0.493 e. The van der Waals surface area contributed by atoms with E-state index < -0.39 is 18.1 Å². The number of aliphatic hydroxyl groups is 1. The van der Waals surface area contributed by atoms with Crippen molar-refractivity contribution in [2.24, 2.45) is 5.92 Å². The summed E-state index contributed by atoms with van der Waals surface area (Å²) in [5.74, 6) is 0.982. The summed E-state index contributed by atoms with van der Waals surface area (Å²) in [6, 6.07) is 4.06. The Labute approximate surface area is 180 Å². The van der Waals surface area contributed by atoms with Crippen LogP contribution in [0.3, 0.4) is 0 Å². The number of carbonyl (C=O) groups excluding carboxylic acids is 1. The smallest absolute Gasteiger partial charge is 0.326 e. The topological polar surface area (TPSA) is 108 Å². The summed E-state index contributed by atoms with van der Waals surface area (Å²) in [6.45, 7) is 1.05. The number of amides is 1. The number of aliphatic hydroxyl groups excluding tert-OH is 1. The van der Waals surface area contributed by atoms with Gasteiger partial charge in [-0.15, -0.1) is 0 Å². The standard InChI is InChI=1S/C18H21NO3.C5H7NO3/c1-19-8-7-18-11-4-5-13(20)17(18)22-16-14(21-2)6-3-10(15(16)18)9-12(11)19;7-4-2-1-3(6-4)5(8)9/h3-6,11-13,17,20H,7-9H2,1-2H3;3H,1-2H2,(H,6,7)(H,8,9)/t11-,12+,13-,17-,18-;3-/m00/s1. The molecule has 3 heterocycles. The molecule has 0 radical (unpaired) electrons. The molecule has 1 amide bonds. The van der Waals surface area contributed by atoms with Gasteiger partial charge in [-0.25, -0.2) is 4.79 Å². The molecule has 0 unspecified atom stereocenters. The zero-order chi connectivity index (χ0) is 21.9. The van der Waals surface area contributed by atoms with Crippen LogP contribution in [0.15, 0.2) is 24.3 Å². The third kappa shape index (κ3) is 2.88. The summed E-state index contributed by atoms with van der Waals surface area (Å²) in [4.78, 5) is 23.0. The van der Waals surface area contributed by atoms with Gasteiger partial charge in [-0.3, -0.25) is 4.79 Å². The number of hydrogen-bond acceptors (Lipinski definition) is 6. The second-order valence-corrected chi connectivity index (χ2v) is 9.11. The average Bonchev–Trinajstić information content (AvgIpc) is 3.34. The summed E-state index contributed by atoms with van der Waals surface area (Å²) >= 11 is 0.